The Labute approximate surface area is 227 Å². The normalized spacial score (nSPS) is 11.4. The summed E-state index contributed by atoms with van der Waals surface area (Å²) in [6, 6.07) is 19.6. The lowest BCUT2D eigenvalue weighted by atomic mass is 10.2. The van der Waals surface area contributed by atoms with Gasteiger partial charge >= 0.3 is 0 Å². The second kappa shape index (κ2) is 12.8. The van der Waals surface area contributed by atoms with E-state index in [9.17, 15) is 8.42 Å². The molecule has 0 saturated carbocycles. The van der Waals surface area contributed by atoms with E-state index in [0.29, 0.717) is 29.5 Å². The first kappa shape index (κ1) is 27.4. The van der Waals surface area contributed by atoms with Crippen LogP contribution in [0, 0.1) is 0 Å². The van der Waals surface area contributed by atoms with Crippen LogP contribution in [0.5, 0.6) is 23.0 Å². The molecule has 0 N–H and O–H groups in total. The number of ether oxygens (including phenoxy) is 4. The lowest BCUT2D eigenvalue weighted by molar-refractivity contribution is 0.298. The van der Waals surface area contributed by atoms with Crippen molar-refractivity contribution in [2.24, 2.45) is 0 Å². The van der Waals surface area contributed by atoms with Gasteiger partial charge in [0, 0.05) is 30.1 Å². The van der Waals surface area contributed by atoms with Crippen LogP contribution in [0.15, 0.2) is 83.2 Å². The lowest BCUT2D eigenvalue weighted by Gasteiger charge is -2.24. The number of nitrogens with zero attached hydrogens (tertiary/aromatic N) is 2. The monoisotopic (exact) mass is 554 g/mol. The Morgan fingerprint density at radius 3 is 2.34 bits per heavy atom. The van der Waals surface area contributed by atoms with Crippen molar-refractivity contribution in [2.75, 3.05) is 27.9 Å². The molecule has 0 radical (unpaired) electrons. The Balaban J connectivity index is 1.63. The minimum atomic E-state index is -4.02. The summed E-state index contributed by atoms with van der Waals surface area (Å²) in [4.78, 5) is 5.59. The zero-order valence-electron chi connectivity index (χ0n) is 21.5. The molecule has 0 spiro atoms. The first-order valence-electron chi connectivity index (χ1n) is 11.9. The molecule has 38 heavy (non-hydrogen) atoms. The van der Waals surface area contributed by atoms with E-state index in [1.54, 1.807) is 61.0 Å². The van der Waals surface area contributed by atoms with Gasteiger partial charge in [0.05, 0.1) is 40.2 Å². The zero-order chi connectivity index (χ0) is 27.0. The van der Waals surface area contributed by atoms with E-state index in [1.807, 2.05) is 23.6 Å². The van der Waals surface area contributed by atoms with Crippen molar-refractivity contribution >= 4 is 21.4 Å². The Hall–Kier alpha value is -3.60. The van der Waals surface area contributed by atoms with Gasteiger partial charge in [-0.3, -0.25) is 4.98 Å². The summed E-state index contributed by atoms with van der Waals surface area (Å²) in [5, 5.41) is 2.04. The first-order valence-corrected chi connectivity index (χ1v) is 14.2. The van der Waals surface area contributed by atoms with Crippen molar-refractivity contribution in [1.29, 1.82) is 0 Å². The Morgan fingerprint density at radius 2 is 1.66 bits per heavy atom. The van der Waals surface area contributed by atoms with E-state index < -0.39 is 10.0 Å². The van der Waals surface area contributed by atoms with Crippen molar-refractivity contribution < 1.29 is 27.4 Å². The van der Waals surface area contributed by atoms with Crippen LogP contribution >= 0.6 is 11.3 Å². The fourth-order valence-electron chi connectivity index (χ4n) is 3.87. The quantitative estimate of drug-likeness (QED) is 0.225. The number of rotatable bonds is 13. The van der Waals surface area contributed by atoms with E-state index in [2.05, 4.69) is 11.1 Å². The van der Waals surface area contributed by atoms with Gasteiger partial charge in [0.2, 0.25) is 10.0 Å². The van der Waals surface area contributed by atoms with Crippen LogP contribution in [0.1, 0.15) is 16.1 Å². The van der Waals surface area contributed by atoms with Gasteiger partial charge in [-0.05, 0) is 53.4 Å². The van der Waals surface area contributed by atoms with Crippen LogP contribution in [0.2, 0.25) is 0 Å². The van der Waals surface area contributed by atoms with Gasteiger partial charge in [0.25, 0.3) is 0 Å². The zero-order valence-corrected chi connectivity index (χ0v) is 23.1. The summed E-state index contributed by atoms with van der Waals surface area (Å²) in [7, 11) is 0.463. The fraction of sp³-hybridized carbons (Fsp3) is 0.250. The highest BCUT2D eigenvalue weighted by Gasteiger charge is 2.29. The molecule has 0 aliphatic carbocycles. The lowest BCUT2D eigenvalue weighted by Crippen LogP contribution is -2.31. The molecule has 10 heteroatoms. The van der Waals surface area contributed by atoms with Crippen LogP contribution in [-0.2, 0) is 29.5 Å². The molecule has 0 amide bonds. The van der Waals surface area contributed by atoms with Crippen molar-refractivity contribution in [3.8, 4) is 23.0 Å². The van der Waals surface area contributed by atoms with Crippen molar-refractivity contribution in [2.45, 2.75) is 24.4 Å². The molecule has 0 atom stereocenters. The van der Waals surface area contributed by atoms with Gasteiger partial charge in [-0.2, -0.15) is 4.31 Å². The number of benzene rings is 2. The predicted molar refractivity (Wildman–Crippen MR) is 147 cm³/mol. The molecule has 0 aliphatic heterocycles. The average Bonchev–Trinajstić information content (AvgIpc) is 3.47. The molecule has 2 aromatic carbocycles. The second-order valence-corrected chi connectivity index (χ2v) is 11.2. The van der Waals surface area contributed by atoms with Gasteiger partial charge in [-0.25, -0.2) is 8.42 Å². The molecule has 0 bridgehead atoms. The SMILES string of the molecule is COc1ccc(OC)c(S(=O)(=O)N(Cc2ccc(OCCc3cccs3)c(OC)c2)Cc2ccccn2)c1. The fourth-order valence-corrected chi connectivity index (χ4v) is 6.13. The highest BCUT2D eigenvalue weighted by atomic mass is 32.2. The molecule has 8 nitrogen and oxygen atoms in total. The molecule has 2 heterocycles. The molecular formula is C28H30N2O6S2. The van der Waals surface area contributed by atoms with Crippen molar-refractivity contribution in [3.63, 3.8) is 0 Å². The average molecular weight is 555 g/mol. The largest absolute Gasteiger partial charge is 0.497 e. The number of methoxy groups -OCH3 is 3. The standard InChI is InChI=1S/C28H30N2O6S2/c1-33-23-10-12-26(34-2)28(18-23)38(31,32)30(20-22-7-4-5-14-29-22)19-21-9-11-25(27(17-21)35-3)36-15-13-24-8-6-16-37-24/h4-12,14,16-18H,13,15,19-20H2,1-3H3. The summed E-state index contributed by atoms with van der Waals surface area (Å²) in [5.74, 6) is 1.76. The van der Waals surface area contributed by atoms with Gasteiger partial charge < -0.3 is 18.9 Å². The first-order chi connectivity index (χ1) is 18.4. The molecule has 0 unspecified atom stereocenters. The number of sulfonamides is 1. The maximum Gasteiger partial charge on any atom is 0.247 e. The van der Waals surface area contributed by atoms with Crippen LogP contribution in [0.3, 0.4) is 0 Å². The molecular weight excluding hydrogens is 524 g/mol. The Kier molecular flexibility index (Phi) is 9.22. The maximum atomic E-state index is 14.0. The second-order valence-electron chi connectivity index (χ2n) is 8.27. The number of pyridine rings is 1. The van der Waals surface area contributed by atoms with Crippen molar-refractivity contribution in [1.82, 2.24) is 9.29 Å². The number of aromatic nitrogens is 1. The topological polar surface area (TPSA) is 87.2 Å². The van der Waals surface area contributed by atoms with E-state index in [-0.39, 0.29) is 23.7 Å². The summed E-state index contributed by atoms with van der Waals surface area (Å²) < 4.78 is 51.5. The molecule has 2 aromatic heterocycles. The number of thiophene rings is 1. The molecule has 4 aromatic rings. The third-order valence-corrected chi connectivity index (χ3v) is 8.58. The molecule has 0 fully saturated rings. The summed E-state index contributed by atoms with van der Waals surface area (Å²) in [6.45, 7) is 0.641. The van der Waals surface area contributed by atoms with Crippen LogP contribution in [0.25, 0.3) is 0 Å². The summed E-state index contributed by atoms with van der Waals surface area (Å²) in [6.07, 6.45) is 2.43. The molecule has 0 aliphatic rings. The molecule has 200 valence electrons. The molecule has 0 saturated heterocycles. The third kappa shape index (κ3) is 6.63. The van der Waals surface area contributed by atoms with Gasteiger partial charge in [-0.1, -0.05) is 18.2 Å². The van der Waals surface area contributed by atoms with Crippen LogP contribution in [0.4, 0.5) is 0 Å². The van der Waals surface area contributed by atoms with Crippen LogP contribution in [-0.4, -0.2) is 45.6 Å². The highest BCUT2D eigenvalue weighted by molar-refractivity contribution is 7.89. The maximum absolute atomic E-state index is 14.0. The summed E-state index contributed by atoms with van der Waals surface area (Å²) >= 11 is 1.69. The van der Waals surface area contributed by atoms with E-state index in [4.69, 9.17) is 18.9 Å². The minimum absolute atomic E-state index is 0.00998. The van der Waals surface area contributed by atoms with Gasteiger partial charge in [0.15, 0.2) is 11.5 Å². The van der Waals surface area contributed by atoms with E-state index in [1.165, 1.54) is 29.5 Å². The Morgan fingerprint density at radius 1 is 0.842 bits per heavy atom. The smallest absolute Gasteiger partial charge is 0.247 e. The van der Waals surface area contributed by atoms with E-state index >= 15 is 0 Å². The van der Waals surface area contributed by atoms with Gasteiger partial charge in [0.1, 0.15) is 16.4 Å². The highest BCUT2D eigenvalue weighted by Crippen LogP contribution is 2.34. The van der Waals surface area contributed by atoms with Gasteiger partial charge in [-0.15, -0.1) is 11.3 Å². The third-order valence-electron chi connectivity index (χ3n) is 5.83. The number of hydrogen-bond donors (Lipinski definition) is 0. The Bertz CT molecular complexity index is 1430. The summed E-state index contributed by atoms with van der Waals surface area (Å²) in [5.41, 5.74) is 1.34. The predicted octanol–water partition coefficient (Wildman–Crippen LogP) is 5.18. The van der Waals surface area contributed by atoms with Crippen LogP contribution < -0.4 is 18.9 Å². The number of hydrogen-bond acceptors (Lipinski definition) is 8. The molecule has 4 rings (SSSR count). The van der Waals surface area contributed by atoms with Crippen molar-refractivity contribution in [3.05, 3.63) is 94.4 Å². The van der Waals surface area contributed by atoms with E-state index in [0.717, 1.165) is 12.0 Å². The minimum Gasteiger partial charge on any atom is -0.497 e.